The molecule has 0 heterocycles. The molecule has 3 amide bonds. The van der Waals surface area contributed by atoms with Gasteiger partial charge in [-0.3, -0.25) is 9.59 Å². The van der Waals surface area contributed by atoms with Crippen molar-refractivity contribution in [3.63, 3.8) is 0 Å². The molecule has 1 aliphatic rings. The highest BCUT2D eigenvalue weighted by Crippen LogP contribution is 2.41. The highest BCUT2D eigenvalue weighted by molar-refractivity contribution is 5.93. The first kappa shape index (κ1) is 30.0. The Labute approximate surface area is 232 Å². The third-order valence-electron chi connectivity index (χ3n) is 6.74. The number of benzene rings is 2. The van der Waals surface area contributed by atoms with E-state index in [9.17, 15) is 19.5 Å². The number of amides is 3. The average molecular weight is 538 g/mol. The van der Waals surface area contributed by atoms with Crippen LogP contribution in [0.15, 0.2) is 54.6 Å². The van der Waals surface area contributed by atoms with Gasteiger partial charge >= 0.3 is 6.09 Å². The maximum atomic E-state index is 14.4. The zero-order chi connectivity index (χ0) is 28.6. The highest BCUT2D eigenvalue weighted by atomic mass is 16.6. The molecule has 0 bridgehead atoms. The summed E-state index contributed by atoms with van der Waals surface area (Å²) in [6.45, 7) is 9.92. The van der Waals surface area contributed by atoms with Gasteiger partial charge in [-0.15, -0.1) is 0 Å². The lowest BCUT2D eigenvalue weighted by atomic mass is 9.99. The molecule has 0 saturated heterocycles. The van der Waals surface area contributed by atoms with E-state index < -0.39 is 23.8 Å². The van der Waals surface area contributed by atoms with Crippen molar-refractivity contribution < 1.29 is 24.2 Å². The van der Waals surface area contributed by atoms with Gasteiger partial charge in [0, 0.05) is 19.0 Å². The minimum absolute atomic E-state index is 0.0141. The summed E-state index contributed by atoms with van der Waals surface area (Å²) >= 11 is 0. The van der Waals surface area contributed by atoms with Crippen LogP contribution in [0.1, 0.15) is 77.5 Å². The minimum Gasteiger partial charge on any atom is -0.508 e. The molecule has 8 heteroatoms. The van der Waals surface area contributed by atoms with Gasteiger partial charge in [0.1, 0.15) is 23.4 Å². The van der Waals surface area contributed by atoms with E-state index in [0.717, 1.165) is 31.2 Å². The van der Waals surface area contributed by atoms with Crippen LogP contribution in [0.2, 0.25) is 0 Å². The molecule has 212 valence electrons. The molecule has 4 atom stereocenters. The number of phenols is 1. The van der Waals surface area contributed by atoms with Gasteiger partial charge in [-0.05, 0) is 62.8 Å². The Hall–Kier alpha value is -3.55. The topological polar surface area (TPSA) is 108 Å². The van der Waals surface area contributed by atoms with Gasteiger partial charge in [-0.2, -0.15) is 0 Å². The van der Waals surface area contributed by atoms with E-state index in [0.29, 0.717) is 12.1 Å². The number of carbonyl (C=O) groups excluding carboxylic acids is 3. The average Bonchev–Trinajstić information content (AvgIpc) is 3.59. The first-order valence-electron chi connectivity index (χ1n) is 13.9. The highest BCUT2D eigenvalue weighted by Gasteiger charge is 2.48. The zero-order valence-electron chi connectivity index (χ0n) is 23.8. The summed E-state index contributed by atoms with van der Waals surface area (Å²) in [4.78, 5) is 42.5. The third kappa shape index (κ3) is 9.01. The van der Waals surface area contributed by atoms with Crippen LogP contribution in [-0.2, 0) is 20.7 Å². The molecule has 0 spiro atoms. The number of unbranched alkanes of at least 4 members (excludes halogenated alkanes) is 2. The number of phenolic OH excluding ortho intramolecular Hbond substituents is 1. The molecule has 3 N–H and O–H groups in total. The van der Waals surface area contributed by atoms with E-state index in [1.807, 2.05) is 37.3 Å². The van der Waals surface area contributed by atoms with Crippen molar-refractivity contribution in [1.29, 1.82) is 0 Å². The molecule has 2 aromatic rings. The summed E-state index contributed by atoms with van der Waals surface area (Å²) in [6, 6.07) is 13.8. The smallest absolute Gasteiger partial charge is 0.408 e. The SMILES string of the molecule is CCCCCNC(=O)C(c1cccc(O)c1)N(C(=O)C(Cc1ccccc1)NC(=O)OC(C)(C)C)C1CC1C. The predicted molar refractivity (Wildman–Crippen MR) is 151 cm³/mol. The van der Waals surface area contributed by atoms with Gasteiger partial charge in [0.25, 0.3) is 0 Å². The van der Waals surface area contributed by atoms with Crippen LogP contribution in [0.25, 0.3) is 0 Å². The lowest BCUT2D eigenvalue weighted by Gasteiger charge is -2.35. The zero-order valence-corrected chi connectivity index (χ0v) is 23.8. The van der Waals surface area contributed by atoms with E-state index in [-0.39, 0.29) is 35.9 Å². The second-order valence-corrected chi connectivity index (χ2v) is 11.4. The van der Waals surface area contributed by atoms with Crippen LogP contribution >= 0.6 is 0 Å². The maximum Gasteiger partial charge on any atom is 0.408 e. The van der Waals surface area contributed by atoms with Crippen molar-refractivity contribution in [2.75, 3.05) is 6.54 Å². The predicted octanol–water partition coefficient (Wildman–Crippen LogP) is 5.11. The van der Waals surface area contributed by atoms with Crippen molar-refractivity contribution in [3.8, 4) is 5.75 Å². The summed E-state index contributed by atoms with van der Waals surface area (Å²) in [7, 11) is 0. The first-order valence-corrected chi connectivity index (χ1v) is 13.9. The van der Waals surface area contributed by atoms with Gasteiger partial charge in [0.2, 0.25) is 11.8 Å². The molecule has 3 rings (SSSR count). The van der Waals surface area contributed by atoms with Crippen molar-refractivity contribution in [2.45, 2.75) is 90.4 Å². The summed E-state index contributed by atoms with van der Waals surface area (Å²) < 4.78 is 5.48. The van der Waals surface area contributed by atoms with Gasteiger partial charge in [-0.1, -0.05) is 69.2 Å². The van der Waals surface area contributed by atoms with Crippen molar-refractivity contribution >= 4 is 17.9 Å². The third-order valence-corrected chi connectivity index (χ3v) is 6.74. The van der Waals surface area contributed by atoms with Crippen LogP contribution < -0.4 is 10.6 Å². The fourth-order valence-electron chi connectivity index (χ4n) is 4.67. The Kier molecular flexibility index (Phi) is 10.4. The second-order valence-electron chi connectivity index (χ2n) is 11.4. The summed E-state index contributed by atoms with van der Waals surface area (Å²) in [5, 5.41) is 16.0. The number of rotatable bonds is 12. The Morgan fingerprint density at radius 3 is 2.36 bits per heavy atom. The molecule has 2 aromatic carbocycles. The van der Waals surface area contributed by atoms with Crippen LogP contribution in [0.3, 0.4) is 0 Å². The molecule has 0 aliphatic heterocycles. The molecule has 4 unspecified atom stereocenters. The lowest BCUT2D eigenvalue weighted by Crippen LogP contribution is -2.54. The van der Waals surface area contributed by atoms with Crippen molar-refractivity contribution in [1.82, 2.24) is 15.5 Å². The number of nitrogens with zero attached hydrogens (tertiary/aromatic N) is 1. The molecule has 0 radical (unpaired) electrons. The quantitative estimate of drug-likeness (QED) is 0.326. The number of hydrogen-bond acceptors (Lipinski definition) is 5. The fourth-order valence-corrected chi connectivity index (χ4v) is 4.67. The number of ether oxygens (including phenoxy) is 1. The van der Waals surface area contributed by atoms with E-state index in [2.05, 4.69) is 17.6 Å². The summed E-state index contributed by atoms with van der Waals surface area (Å²) in [5.74, 6) is -0.461. The van der Waals surface area contributed by atoms with Crippen molar-refractivity contribution in [2.24, 2.45) is 5.92 Å². The van der Waals surface area contributed by atoms with Crippen LogP contribution in [-0.4, -0.2) is 52.1 Å². The summed E-state index contributed by atoms with van der Waals surface area (Å²) in [6.07, 6.45) is 3.13. The normalized spacial score (nSPS) is 18.0. The van der Waals surface area contributed by atoms with E-state index in [4.69, 9.17) is 4.74 Å². The monoisotopic (exact) mass is 537 g/mol. The molecular weight excluding hydrogens is 494 g/mol. The molecule has 39 heavy (non-hydrogen) atoms. The second kappa shape index (κ2) is 13.5. The molecular formula is C31H43N3O5. The largest absolute Gasteiger partial charge is 0.508 e. The van der Waals surface area contributed by atoms with E-state index >= 15 is 0 Å². The molecule has 1 fully saturated rings. The number of carbonyl (C=O) groups is 3. The Morgan fingerprint density at radius 1 is 1.08 bits per heavy atom. The van der Waals surface area contributed by atoms with Crippen LogP contribution in [0.4, 0.5) is 4.79 Å². The van der Waals surface area contributed by atoms with Gasteiger partial charge < -0.3 is 25.4 Å². The molecule has 8 nitrogen and oxygen atoms in total. The van der Waals surface area contributed by atoms with E-state index in [1.165, 1.54) is 12.1 Å². The van der Waals surface area contributed by atoms with Crippen LogP contribution in [0.5, 0.6) is 5.75 Å². The van der Waals surface area contributed by atoms with Crippen molar-refractivity contribution in [3.05, 3.63) is 65.7 Å². The molecule has 1 saturated carbocycles. The number of hydrogen-bond donors (Lipinski definition) is 3. The Balaban J connectivity index is 1.99. The van der Waals surface area contributed by atoms with E-state index in [1.54, 1.807) is 37.8 Å². The first-order chi connectivity index (χ1) is 18.5. The number of nitrogens with one attached hydrogen (secondary N) is 2. The standard InChI is InChI=1S/C31H43N3O5/c1-6-7-11-17-32-28(36)27(23-15-12-16-24(35)20-23)34(26-18-21(26)2)29(37)25(19-22-13-9-8-10-14-22)33-30(38)39-31(3,4)5/h8-10,12-16,20-21,25-27,35H,6-7,11,17-19H2,1-5H3,(H,32,36)(H,33,38). The number of alkyl carbamates (subject to hydrolysis) is 1. The Bertz CT molecular complexity index is 1110. The molecule has 0 aromatic heterocycles. The molecule has 1 aliphatic carbocycles. The number of aromatic hydroxyl groups is 1. The minimum atomic E-state index is -0.958. The Morgan fingerprint density at radius 2 is 1.77 bits per heavy atom. The lowest BCUT2D eigenvalue weighted by molar-refractivity contribution is -0.143. The maximum absolute atomic E-state index is 14.4. The van der Waals surface area contributed by atoms with Gasteiger partial charge in [0.15, 0.2) is 0 Å². The van der Waals surface area contributed by atoms with Crippen LogP contribution in [0, 0.1) is 5.92 Å². The van der Waals surface area contributed by atoms with Gasteiger partial charge in [0.05, 0.1) is 0 Å². The van der Waals surface area contributed by atoms with Gasteiger partial charge in [-0.25, -0.2) is 4.79 Å². The fraction of sp³-hybridized carbons (Fsp3) is 0.516. The summed E-state index contributed by atoms with van der Waals surface area (Å²) in [5.41, 5.74) is 0.650.